The number of benzene rings is 1. The lowest BCUT2D eigenvalue weighted by molar-refractivity contribution is 0.122. The summed E-state index contributed by atoms with van der Waals surface area (Å²) in [4.78, 5) is 6.65. The van der Waals surface area contributed by atoms with Gasteiger partial charge in [0.2, 0.25) is 0 Å². The minimum absolute atomic E-state index is 0.183. The van der Waals surface area contributed by atoms with Gasteiger partial charge >= 0.3 is 0 Å². The molecule has 2 heterocycles. The molecule has 0 radical (unpaired) electrons. The van der Waals surface area contributed by atoms with Crippen LogP contribution in [0.1, 0.15) is 19.8 Å². The Morgan fingerprint density at radius 3 is 2.52 bits per heavy atom. The standard InChI is InChI=1S/C19H25N3O4S/c1-2-3-12-26-17-5-7-18(8-6-17)27(23,24)21-16-4-9-19(20-15-16)22-10-13-25-14-11-22/h4-9,15,21H,2-3,10-14H2,1H3. The molecule has 27 heavy (non-hydrogen) atoms. The van der Waals surface area contributed by atoms with Crippen LogP contribution in [0.5, 0.6) is 5.75 Å². The summed E-state index contributed by atoms with van der Waals surface area (Å²) in [5.74, 6) is 1.48. The maximum Gasteiger partial charge on any atom is 0.261 e. The summed E-state index contributed by atoms with van der Waals surface area (Å²) in [5, 5.41) is 0. The molecule has 1 aromatic heterocycles. The predicted molar refractivity (Wildman–Crippen MR) is 105 cm³/mol. The van der Waals surface area contributed by atoms with Gasteiger partial charge in [0.15, 0.2) is 0 Å². The van der Waals surface area contributed by atoms with Crippen LogP contribution in [-0.4, -0.2) is 46.3 Å². The van der Waals surface area contributed by atoms with Crippen molar-refractivity contribution in [1.82, 2.24) is 4.98 Å². The highest BCUT2D eigenvalue weighted by Crippen LogP contribution is 2.21. The number of rotatable bonds is 8. The van der Waals surface area contributed by atoms with Gasteiger partial charge in [0, 0.05) is 13.1 Å². The van der Waals surface area contributed by atoms with Crippen LogP contribution in [0.2, 0.25) is 0 Å². The average Bonchev–Trinajstić information content (AvgIpc) is 2.70. The van der Waals surface area contributed by atoms with Crippen molar-refractivity contribution in [3.63, 3.8) is 0 Å². The van der Waals surface area contributed by atoms with Gasteiger partial charge in [-0.1, -0.05) is 13.3 Å². The van der Waals surface area contributed by atoms with E-state index in [0.29, 0.717) is 31.3 Å². The van der Waals surface area contributed by atoms with E-state index in [1.807, 2.05) is 6.07 Å². The molecular formula is C19H25N3O4S. The summed E-state index contributed by atoms with van der Waals surface area (Å²) in [6.07, 6.45) is 3.55. The zero-order chi connectivity index (χ0) is 19.1. The number of nitrogens with one attached hydrogen (secondary N) is 1. The first-order valence-electron chi connectivity index (χ1n) is 9.13. The van der Waals surface area contributed by atoms with E-state index in [1.54, 1.807) is 30.3 Å². The Hall–Kier alpha value is -2.32. The first-order chi connectivity index (χ1) is 13.1. The van der Waals surface area contributed by atoms with Crippen LogP contribution in [-0.2, 0) is 14.8 Å². The van der Waals surface area contributed by atoms with E-state index in [-0.39, 0.29) is 4.90 Å². The molecule has 0 spiro atoms. The van der Waals surface area contributed by atoms with E-state index in [1.165, 1.54) is 6.20 Å². The molecule has 1 aliphatic rings. The van der Waals surface area contributed by atoms with Crippen molar-refractivity contribution in [1.29, 1.82) is 0 Å². The van der Waals surface area contributed by atoms with Gasteiger partial charge in [-0.25, -0.2) is 13.4 Å². The lowest BCUT2D eigenvalue weighted by atomic mass is 10.3. The highest BCUT2D eigenvalue weighted by molar-refractivity contribution is 7.92. The number of ether oxygens (including phenoxy) is 2. The second-order valence-corrected chi connectivity index (χ2v) is 7.97. The monoisotopic (exact) mass is 391 g/mol. The highest BCUT2D eigenvalue weighted by Gasteiger charge is 2.16. The molecule has 1 aliphatic heterocycles. The third-order valence-electron chi connectivity index (χ3n) is 4.24. The first-order valence-corrected chi connectivity index (χ1v) is 10.6. The molecule has 7 nitrogen and oxygen atoms in total. The molecule has 0 atom stereocenters. The SMILES string of the molecule is CCCCOc1ccc(S(=O)(=O)Nc2ccc(N3CCOCC3)nc2)cc1. The quantitative estimate of drug-likeness (QED) is 0.697. The Morgan fingerprint density at radius 2 is 1.89 bits per heavy atom. The van der Waals surface area contributed by atoms with Gasteiger partial charge in [-0.2, -0.15) is 0 Å². The minimum Gasteiger partial charge on any atom is -0.494 e. The first kappa shape index (κ1) is 19.4. The summed E-state index contributed by atoms with van der Waals surface area (Å²) in [6.45, 7) is 5.63. The summed E-state index contributed by atoms with van der Waals surface area (Å²) in [6, 6.07) is 9.96. The molecule has 1 N–H and O–H groups in total. The number of morpholine rings is 1. The van der Waals surface area contributed by atoms with Gasteiger partial charge in [-0.05, 0) is 42.8 Å². The maximum atomic E-state index is 12.6. The third-order valence-corrected chi connectivity index (χ3v) is 5.63. The molecule has 1 fully saturated rings. The highest BCUT2D eigenvalue weighted by atomic mass is 32.2. The van der Waals surface area contributed by atoms with E-state index < -0.39 is 10.0 Å². The number of aromatic nitrogens is 1. The fourth-order valence-corrected chi connectivity index (χ4v) is 3.73. The van der Waals surface area contributed by atoms with E-state index in [0.717, 1.165) is 31.7 Å². The van der Waals surface area contributed by atoms with E-state index in [9.17, 15) is 8.42 Å². The second-order valence-electron chi connectivity index (χ2n) is 6.28. The maximum absolute atomic E-state index is 12.6. The number of anilines is 2. The van der Waals surface area contributed by atoms with E-state index in [2.05, 4.69) is 21.5 Å². The van der Waals surface area contributed by atoms with Gasteiger partial charge in [-0.15, -0.1) is 0 Å². The summed E-state index contributed by atoms with van der Waals surface area (Å²) in [7, 11) is -3.67. The Balaban J connectivity index is 1.63. The van der Waals surface area contributed by atoms with Crippen molar-refractivity contribution in [3.8, 4) is 5.75 Å². The Bertz CT molecular complexity index is 817. The van der Waals surface area contributed by atoms with Crippen molar-refractivity contribution < 1.29 is 17.9 Å². The summed E-state index contributed by atoms with van der Waals surface area (Å²) in [5.41, 5.74) is 0.426. The van der Waals surface area contributed by atoms with Crippen LogP contribution in [0.25, 0.3) is 0 Å². The molecular weight excluding hydrogens is 366 g/mol. The van der Waals surface area contributed by atoms with E-state index in [4.69, 9.17) is 9.47 Å². The number of unbranched alkanes of at least 4 members (excludes halogenated alkanes) is 1. The normalized spacial score (nSPS) is 14.8. The molecule has 0 aliphatic carbocycles. The fraction of sp³-hybridized carbons (Fsp3) is 0.421. The molecule has 2 aromatic rings. The second kappa shape index (κ2) is 9.05. The van der Waals surface area contributed by atoms with Gasteiger partial charge in [0.25, 0.3) is 10.0 Å². The molecule has 0 bridgehead atoms. The van der Waals surface area contributed by atoms with Crippen molar-refractivity contribution in [2.24, 2.45) is 0 Å². The smallest absolute Gasteiger partial charge is 0.261 e. The molecule has 0 unspecified atom stereocenters. The largest absolute Gasteiger partial charge is 0.494 e. The van der Waals surface area contributed by atoms with Crippen LogP contribution in [0.3, 0.4) is 0 Å². The van der Waals surface area contributed by atoms with Crippen LogP contribution in [0.15, 0.2) is 47.5 Å². The van der Waals surface area contributed by atoms with Crippen LogP contribution in [0.4, 0.5) is 11.5 Å². The van der Waals surface area contributed by atoms with E-state index >= 15 is 0 Å². The number of sulfonamides is 1. The average molecular weight is 391 g/mol. The molecule has 1 aromatic carbocycles. The van der Waals surface area contributed by atoms with Gasteiger partial charge < -0.3 is 14.4 Å². The molecule has 3 rings (SSSR count). The summed E-state index contributed by atoms with van der Waals surface area (Å²) < 4.78 is 38.6. The number of pyridine rings is 1. The molecule has 8 heteroatoms. The Kier molecular flexibility index (Phi) is 6.52. The molecule has 0 saturated carbocycles. The predicted octanol–water partition coefficient (Wildman–Crippen LogP) is 2.90. The topological polar surface area (TPSA) is 80.8 Å². The minimum atomic E-state index is -3.67. The van der Waals surface area contributed by atoms with Crippen LogP contribution < -0.4 is 14.4 Å². The third kappa shape index (κ3) is 5.33. The number of nitrogens with zero attached hydrogens (tertiary/aromatic N) is 2. The summed E-state index contributed by atoms with van der Waals surface area (Å²) >= 11 is 0. The number of hydrogen-bond acceptors (Lipinski definition) is 6. The van der Waals surface area contributed by atoms with Crippen molar-refractivity contribution >= 4 is 21.5 Å². The van der Waals surface area contributed by atoms with Crippen molar-refractivity contribution in [2.45, 2.75) is 24.7 Å². The Morgan fingerprint density at radius 1 is 1.15 bits per heavy atom. The lowest BCUT2D eigenvalue weighted by Gasteiger charge is -2.27. The zero-order valence-electron chi connectivity index (χ0n) is 15.4. The van der Waals surface area contributed by atoms with Gasteiger partial charge in [0.1, 0.15) is 11.6 Å². The van der Waals surface area contributed by atoms with Gasteiger partial charge in [-0.3, -0.25) is 4.72 Å². The lowest BCUT2D eigenvalue weighted by Crippen LogP contribution is -2.36. The van der Waals surface area contributed by atoms with Crippen molar-refractivity contribution in [2.75, 3.05) is 42.5 Å². The van der Waals surface area contributed by atoms with Crippen LogP contribution >= 0.6 is 0 Å². The molecule has 146 valence electrons. The van der Waals surface area contributed by atoms with Gasteiger partial charge in [0.05, 0.1) is 36.6 Å². The fourth-order valence-electron chi connectivity index (χ4n) is 2.69. The van der Waals surface area contributed by atoms with Crippen LogP contribution in [0, 0.1) is 0 Å². The van der Waals surface area contributed by atoms with Crippen molar-refractivity contribution in [3.05, 3.63) is 42.6 Å². The zero-order valence-corrected chi connectivity index (χ0v) is 16.2. The number of hydrogen-bond donors (Lipinski definition) is 1. The molecule has 1 saturated heterocycles. The molecule has 0 amide bonds. The Labute approximate surface area is 160 Å².